The lowest BCUT2D eigenvalue weighted by Crippen LogP contribution is -2.37. The molecule has 6 heteroatoms. The van der Waals surface area contributed by atoms with Crippen molar-refractivity contribution in [2.45, 2.75) is 18.9 Å². The van der Waals surface area contributed by atoms with E-state index in [1.54, 1.807) is 36.2 Å². The molecule has 108 valence electrons. The Bertz CT molecular complexity index is 490. The fourth-order valence-electron chi connectivity index (χ4n) is 2.05. The van der Waals surface area contributed by atoms with Gasteiger partial charge in [-0.2, -0.15) is 0 Å². The second-order valence-corrected chi connectivity index (χ2v) is 5.23. The Kier molecular flexibility index (Phi) is 4.84. The van der Waals surface area contributed by atoms with Crippen LogP contribution in [0.5, 0.6) is 5.75 Å². The molecule has 0 aromatic heterocycles. The highest BCUT2D eigenvalue weighted by Gasteiger charge is 2.27. The van der Waals surface area contributed by atoms with Gasteiger partial charge in [-0.15, -0.1) is 0 Å². The second kappa shape index (κ2) is 6.61. The summed E-state index contributed by atoms with van der Waals surface area (Å²) in [6.07, 6.45) is 0.636. The molecular weight excluding hydrogens is 280 g/mol. The molecule has 0 spiro atoms. The summed E-state index contributed by atoms with van der Waals surface area (Å²) in [7, 11) is 1.73. The van der Waals surface area contributed by atoms with E-state index >= 15 is 0 Å². The highest BCUT2D eigenvalue weighted by molar-refractivity contribution is 6.30. The van der Waals surface area contributed by atoms with Gasteiger partial charge in [0.1, 0.15) is 5.75 Å². The molecule has 2 rings (SSSR count). The number of nitrogens with zero attached hydrogens (tertiary/aromatic N) is 1. The number of halogens is 1. The number of carbonyl (C=O) groups is 2. The van der Waals surface area contributed by atoms with Gasteiger partial charge in [0.2, 0.25) is 11.8 Å². The molecule has 1 aliphatic heterocycles. The van der Waals surface area contributed by atoms with Gasteiger partial charge in [-0.25, -0.2) is 0 Å². The van der Waals surface area contributed by atoms with Crippen LogP contribution in [-0.2, 0) is 9.59 Å². The van der Waals surface area contributed by atoms with Crippen LogP contribution >= 0.6 is 11.6 Å². The molecule has 1 aromatic carbocycles. The lowest BCUT2D eigenvalue weighted by Gasteiger charge is -2.12. The van der Waals surface area contributed by atoms with E-state index in [0.29, 0.717) is 30.3 Å². The van der Waals surface area contributed by atoms with E-state index in [-0.39, 0.29) is 24.3 Å². The molecule has 1 unspecified atom stereocenters. The quantitative estimate of drug-likeness (QED) is 0.895. The summed E-state index contributed by atoms with van der Waals surface area (Å²) >= 11 is 5.76. The van der Waals surface area contributed by atoms with Crippen LogP contribution in [0.25, 0.3) is 0 Å². The molecule has 1 aliphatic rings. The summed E-state index contributed by atoms with van der Waals surface area (Å²) in [5.74, 6) is 0.637. The van der Waals surface area contributed by atoms with Gasteiger partial charge in [0, 0.05) is 25.0 Å². The molecule has 1 N–H and O–H groups in total. The molecule has 1 heterocycles. The van der Waals surface area contributed by atoms with Crippen molar-refractivity contribution in [2.24, 2.45) is 0 Å². The number of benzene rings is 1. The van der Waals surface area contributed by atoms with E-state index in [0.717, 1.165) is 0 Å². The third-order valence-corrected chi connectivity index (χ3v) is 3.37. The summed E-state index contributed by atoms with van der Waals surface area (Å²) in [5, 5.41) is 3.48. The smallest absolute Gasteiger partial charge is 0.224 e. The van der Waals surface area contributed by atoms with Gasteiger partial charge in [-0.1, -0.05) is 11.6 Å². The fourth-order valence-corrected chi connectivity index (χ4v) is 2.18. The maximum Gasteiger partial charge on any atom is 0.224 e. The van der Waals surface area contributed by atoms with E-state index in [2.05, 4.69) is 5.32 Å². The Morgan fingerprint density at radius 2 is 2.15 bits per heavy atom. The lowest BCUT2D eigenvalue weighted by molar-refractivity contribution is -0.126. The summed E-state index contributed by atoms with van der Waals surface area (Å²) in [4.78, 5) is 24.7. The lowest BCUT2D eigenvalue weighted by atomic mass is 10.2. The Labute approximate surface area is 122 Å². The molecule has 0 bridgehead atoms. The zero-order valence-electron chi connectivity index (χ0n) is 11.3. The molecule has 0 aliphatic carbocycles. The SMILES string of the molecule is CN1CC(NC(=O)CCOc2ccc(Cl)cc2)CC1=O. The van der Waals surface area contributed by atoms with Gasteiger partial charge in [-0.05, 0) is 24.3 Å². The van der Waals surface area contributed by atoms with Crippen molar-refractivity contribution in [2.75, 3.05) is 20.2 Å². The highest BCUT2D eigenvalue weighted by Crippen LogP contribution is 2.15. The van der Waals surface area contributed by atoms with Crippen molar-refractivity contribution >= 4 is 23.4 Å². The summed E-state index contributed by atoms with van der Waals surface area (Å²) in [6.45, 7) is 0.868. The maximum atomic E-state index is 11.7. The number of rotatable bonds is 5. The first-order chi connectivity index (χ1) is 9.54. The van der Waals surface area contributed by atoms with Gasteiger partial charge in [0.15, 0.2) is 0 Å². The van der Waals surface area contributed by atoms with E-state index in [1.807, 2.05) is 0 Å². The van der Waals surface area contributed by atoms with Crippen LogP contribution in [-0.4, -0.2) is 43.0 Å². The van der Waals surface area contributed by atoms with Gasteiger partial charge in [-0.3, -0.25) is 9.59 Å². The van der Waals surface area contributed by atoms with Gasteiger partial charge in [0.05, 0.1) is 19.1 Å². The Morgan fingerprint density at radius 1 is 1.45 bits per heavy atom. The zero-order valence-corrected chi connectivity index (χ0v) is 12.0. The Balaban J connectivity index is 1.68. The average Bonchev–Trinajstić information content (AvgIpc) is 2.70. The molecule has 1 saturated heterocycles. The van der Waals surface area contributed by atoms with Gasteiger partial charge in [0.25, 0.3) is 0 Å². The van der Waals surface area contributed by atoms with Crippen molar-refractivity contribution in [1.29, 1.82) is 0 Å². The number of hydrogen-bond donors (Lipinski definition) is 1. The van der Waals surface area contributed by atoms with Crippen molar-refractivity contribution in [3.8, 4) is 5.75 Å². The van der Waals surface area contributed by atoms with Crippen LogP contribution in [0.3, 0.4) is 0 Å². The van der Waals surface area contributed by atoms with Crippen LogP contribution in [0.1, 0.15) is 12.8 Å². The first-order valence-electron chi connectivity index (χ1n) is 6.46. The van der Waals surface area contributed by atoms with E-state index in [1.165, 1.54) is 0 Å². The average molecular weight is 297 g/mol. The molecule has 2 amide bonds. The first-order valence-corrected chi connectivity index (χ1v) is 6.84. The molecule has 5 nitrogen and oxygen atoms in total. The van der Waals surface area contributed by atoms with E-state index in [9.17, 15) is 9.59 Å². The molecule has 1 aromatic rings. The number of likely N-dealkylation sites (tertiary alicyclic amines) is 1. The minimum absolute atomic E-state index is 0.0627. The van der Waals surface area contributed by atoms with Crippen molar-refractivity contribution in [1.82, 2.24) is 10.2 Å². The van der Waals surface area contributed by atoms with Crippen molar-refractivity contribution in [3.05, 3.63) is 29.3 Å². The van der Waals surface area contributed by atoms with Crippen molar-refractivity contribution in [3.63, 3.8) is 0 Å². The van der Waals surface area contributed by atoms with Gasteiger partial charge >= 0.3 is 0 Å². The molecule has 20 heavy (non-hydrogen) atoms. The number of amides is 2. The fraction of sp³-hybridized carbons (Fsp3) is 0.429. The van der Waals surface area contributed by atoms with Crippen LogP contribution in [0.2, 0.25) is 5.02 Å². The van der Waals surface area contributed by atoms with Crippen LogP contribution in [0.4, 0.5) is 0 Å². The summed E-state index contributed by atoms with van der Waals surface area (Å²) in [5.41, 5.74) is 0. The Morgan fingerprint density at radius 3 is 2.75 bits per heavy atom. The van der Waals surface area contributed by atoms with Crippen LogP contribution in [0.15, 0.2) is 24.3 Å². The van der Waals surface area contributed by atoms with Crippen LogP contribution < -0.4 is 10.1 Å². The maximum absolute atomic E-state index is 11.7. The standard InChI is InChI=1S/C14H17ClN2O3/c1-17-9-11(8-14(17)19)16-13(18)6-7-20-12-4-2-10(15)3-5-12/h2-5,11H,6-9H2,1H3,(H,16,18). The second-order valence-electron chi connectivity index (χ2n) is 4.80. The topological polar surface area (TPSA) is 58.6 Å². The largest absolute Gasteiger partial charge is 0.493 e. The number of carbonyl (C=O) groups excluding carboxylic acids is 2. The molecule has 1 fully saturated rings. The minimum atomic E-state index is -0.105. The van der Waals surface area contributed by atoms with Crippen molar-refractivity contribution < 1.29 is 14.3 Å². The Hall–Kier alpha value is -1.75. The zero-order chi connectivity index (χ0) is 14.5. The molecule has 0 radical (unpaired) electrons. The normalized spacial score (nSPS) is 18.2. The predicted molar refractivity (Wildman–Crippen MR) is 75.7 cm³/mol. The highest BCUT2D eigenvalue weighted by atomic mass is 35.5. The van der Waals surface area contributed by atoms with E-state index < -0.39 is 0 Å². The molecular formula is C14H17ClN2O3. The molecule has 1 atom stereocenters. The van der Waals surface area contributed by atoms with Crippen LogP contribution in [0, 0.1) is 0 Å². The summed E-state index contributed by atoms with van der Waals surface area (Å²) < 4.78 is 5.44. The number of ether oxygens (including phenoxy) is 1. The predicted octanol–water partition coefficient (Wildman–Crippen LogP) is 1.46. The third kappa shape index (κ3) is 4.13. The monoisotopic (exact) mass is 296 g/mol. The number of nitrogens with one attached hydrogen (secondary N) is 1. The molecule has 0 saturated carbocycles. The summed E-state index contributed by atoms with van der Waals surface area (Å²) in [6, 6.07) is 6.89. The number of likely N-dealkylation sites (N-methyl/N-ethyl adjacent to an activating group) is 1. The van der Waals surface area contributed by atoms with Gasteiger partial charge < -0.3 is 15.0 Å². The first kappa shape index (κ1) is 14.7. The third-order valence-electron chi connectivity index (χ3n) is 3.12. The number of hydrogen-bond acceptors (Lipinski definition) is 3. The van der Waals surface area contributed by atoms with E-state index in [4.69, 9.17) is 16.3 Å². The minimum Gasteiger partial charge on any atom is -0.493 e.